The SMILES string of the molecule is CS(=O)(=O)c1cccc(C(N)c2ccc(F)c(F)c2)c1.Cl. The van der Waals surface area contributed by atoms with Crippen LogP contribution in [-0.2, 0) is 9.84 Å². The summed E-state index contributed by atoms with van der Waals surface area (Å²) in [5.74, 6) is -1.94. The molecule has 0 aliphatic rings. The standard InChI is InChI=1S/C14H13F2NO2S.ClH/c1-20(18,19)11-4-2-3-9(7-11)14(17)10-5-6-12(15)13(16)8-10;/h2-8,14H,17H2,1H3;1H. The van der Waals surface area contributed by atoms with Gasteiger partial charge in [-0.25, -0.2) is 17.2 Å². The Morgan fingerprint density at radius 1 is 1.00 bits per heavy atom. The molecule has 0 aromatic heterocycles. The maximum absolute atomic E-state index is 13.2. The first kappa shape index (κ1) is 17.6. The van der Waals surface area contributed by atoms with Gasteiger partial charge < -0.3 is 5.73 Å². The van der Waals surface area contributed by atoms with Crippen molar-refractivity contribution in [2.75, 3.05) is 6.26 Å². The first-order valence-electron chi connectivity index (χ1n) is 5.79. The molecule has 0 fully saturated rings. The van der Waals surface area contributed by atoms with Gasteiger partial charge in [0.15, 0.2) is 21.5 Å². The Kier molecular flexibility index (Phi) is 5.44. The van der Waals surface area contributed by atoms with Crippen molar-refractivity contribution < 1.29 is 17.2 Å². The summed E-state index contributed by atoms with van der Waals surface area (Å²) in [6.07, 6.45) is 1.09. The average Bonchev–Trinajstić information content (AvgIpc) is 2.40. The van der Waals surface area contributed by atoms with E-state index in [0.29, 0.717) is 11.1 Å². The molecule has 2 N–H and O–H groups in total. The highest BCUT2D eigenvalue weighted by Crippen LogP contribution is 2.23. The van der Waals surface area contributed by atoms with Gasteiger partial charge in [0.25, 0.3) is 0 Å². The van der Waals surface area contributed by atoms with Crippen LogP contribution >= 0.6 is 12.4 Å². The van der Waals surface area contributed by atoms with Crippen molar-refractivity contribution in [2.45, 2.75) is 10.9 Å². The van der Waals surface area contributed by atoms with E-state index >= 15 is 0 Å². The quantitative estimate of drug-likeness (QED) is 0.939. The summed E-state index contributed by atoms with van der Waals surface area (Å²) in [5.41, 5.74) is 6.85. The van der Waals surface area contributed by atoms with Crippen LogP contribution in [0.25, 0.3) is 0 Å². The van der Waals surface area contributed by atoms with E-state index in [1.165, 1.54) is 18.2 Å². The minimum absolute atomic E-state index is 0. The third-order valence-electron chi connectivity index (χ3n) is 2.95. The highest BCUT2D eigenvalue weighted by atomic mass is 35.5. The largest absolute Gasteiger partial charge is 0.320 e. The predicted molar refractivity (Wildman–Crippen MR) is 79.2 cm³/mol. The van der Waals surface area contributed by atoms with Crippen molar-refractivity contribution in [3.63, 3.8) is 0 Å². The van der Waals surface area contributed by atoms with E-state index in [9.17, 15) is 17.2 Å². The minimum Gasteiger partial charge on any atom is -0.320 e. The zero-order valence-electron chi connectivity index (χ0n) is 11.1. The van der Waals surface area contributed by atoms with Crippen molar-refractivity contribution in [3.05, 3.63) is 65.2 Å². The summed E-state index contributed by atoms with van der Waals surface area (Å²) < 4.78 is 49.1. The molecule has 0 spiro atoms. The second-order valence-electron chi connectivity index (χ2n) is 4.50. The van der Waals surface area contributed by atoms with Crippen molar-refractivity contribution in [2.24, 2.45) is 5.73 Å². The fraction of sp³-hybridized carbons (Fsp3) is 0.143. The summed E-state index contributed by atoms with van der Waals surface area (Å²) in [7, 11) is -3.35. The Bertz CT molecular complexity index is 750. The fourth-order valence-corrected chi connectivity index (χ4v) is 2.51. The number of hydrogen-bond donors (Lipinski definition) is 1. The molecule has 114 valence electrons. The number of hydrogen-bond acceptors (Lipinski definition) is 3. The Morgan fingerprint density at radius 3 is 2.19 bits per heavy atom. The van der Waals surface area contributed by atoms with Crippen molar-refractivity contribution >= 4 is 22.2 Å². The van der Waals surface area contributed by atoms with E-state index in [2.05, 4.69) is 0 Å². The van der Waals surface area contributed by atoms with Crippen LogP contribution in [0.15, 0.2) is 47.4 Å². The molecule has 0 heterocycles. The molecule has 0 saturated carbocycles. The fourth-order valence-electron chi connectivity index (χ4n) is 1.84. The van der Waals surface area contributed by atoms with Gasteiger partial charge in [-0.1, -0.05) is 18.2 Å². The van der Waals surface area contributed by atoms with Gasteiger partial charge >= 0.3 is 0 Å². The highest BCUT2D eigenvalue weighted by molar-refractivity contribution is 7.90. The molecule has 1 unspecified atom stereocenters. The monoisotopic (exact) mass is 333 g/mol. The lowest BCUT2D eigenvalue weighted by atomic mass is 9.99. The Balaban J connectivity index is 0.00000220. The second-order valence-corrected chi connectivity index (χ2v) is 6.51. The molecule has 3 nitrogen and oxygen atoms in total. The van der Waals surface area contributed by atoms with E-state index < -0.39 is 27.5 Å². The van der Waals surface area contributed by atoms with E-state index in [-0.39, 0.29) is 17.3 Å². The van der Waals surface area contributed by atoms with Gasteiger partial charge in [-0.15, -0.1) is 12.4 Å². The first-order chi connectivity index (χ1) is 9.29. The molecule has 0 bridgehead atoms. The van der Waals surface area contributed by atoms with E-state index in [0.717, 1.165) is 18.4 Å². The van der Waals surface area contributed by atoms with Gasteiger partial charge in [0.05, 0.1) is 10.9 Å². The maximum atomic E-state index is 13.2. The summed E-state index contributed by atoms with van der Waals surface area (Å²) in [6.45, 7) is 0. The zero-order valence-corrected chi connectivity index (χ0v) is 12.7. The predicted octanol–water partition coefficient (Wildman–Crippen LogP) is 2.84. The van der Waals surface area contributed by atoms with Crippen molar-refractivity contribution in [3.8, 4) is 0 Å². The van der Waals surface area contributed by atoms with E-state index in [4.69, 9.17) is 5.73 Å². The number of nitrogens with two attached hydrogens (primary N) is 1. The normalized spacial score (nSPS) is 12.6. The van der Waals surface area contributed by atoms with Gasteiger partial charge in [-0.05, 0) is 35.4 Å². The molecule has 0 aliphatic heterocycles. The average molecular weight is 334 g/mol. The van der Waals surface area contributed by atoms with Crippen LogP contribution < -0.4 is 5.73 Å². The molecular weight excluding hydrogens is 320 g/mol. The van der Waals surface area contributed by atoms with Crippen LogP contribution in [0.1, 0.15) is 17.2 Å². The van der Waals surface area contributed by atoms with Crippen LogP contribution in [0.5, 0.6) is 0 Å². The first-order valence-corrected chi connectivity index (χ1v) is 7.69. The molecule has 0 amide bonds. The van der Waals surface area contributed by atoms with Crippen LogP contribution in [0, 0.1) is 11.6 Å². The minimum atomic E-state index is -3.35. The van der Waals surface area contributed by atoms with E-state index in [1.807, 2.05) is 0 Å². The maximum Gasteiger partial charge on any atom is 0.175 e. The third-order valence-corrected chi connectivity index (χ3v) is 4.06. The smallest absolute Gasteiger partial charge is 0.175 e. The van der Waals surface area contributed by atoms with Gasteiger partial charge in [0, 0.05) is 6.26 Å². The summed E-state index contributed by atoms with van der Waals surface area (Å²) in [5, 5.41) is 0. The molecule has 21 heavy (non-hydrogen) atoms. The number of halogens is 3. The molecule has 1 atom stereocenters. The molecule has 2 aromatic rings. The van der Waals surface area contributed by atoms with Gasteiger partial charge in [-0.2, -0.15) is 0 Å². The topological polar surface area (TPSA) is 60.2 Å². The molecule has 2 aromatic carbocycles. The lowest BCUT2D eigenvalue weighted by Crippen LogP contribution is -2.13. The number of sulfone groups is 1. The van der Waals surface area contributed by atoms with Crippen LogP contribution in [0.3, 0.4) is 0 Å². The van der Waals surface area contributed by atoms with Gasteiger partial charge in [-0.3, -0.25) is 0 Å². The number of benzene rings is 2. The van der Waals surface area contributed by atoms with Crippen molar-refractivity contribution in [1.82, 2.24) is 0 Å². The Morgan fingerprint density at radius 2 is 1.62 bits per heavy atom. The zero-order chi connectivity index (χ0) is 14.9. The van der Waals surface area contributed by atoms with E-state index in [1.54, 1.807) is 12.1 Å². The summed E-state index contributed by atoms with van der Waals surface area (Å²) >= 11 is 0. The summed E-state index contributed by atoms with van der Waals surface area (Å²) in [4.78, 5) is 0.132. The molecule has 7 heteroatoms. The summed E-state index contributed by atoms with van der Waals surface area (Å²) in [6, 6.07) is 8.73. The van der Waals surface area contributed by atoms with Crippen molar-refractivity contribution in [1.29, 1.82) is 0 Å². The Hall–Kier alpha value is -1.50. The third kappa shape index (κ3) is 4.00. The molecular formula is C14H14ClF2NO2S. The number of rotatable bonds is 3. The lowest BCUT2D eigenvalue weighted by Gasteiger charge is -2.13. The van der Waals surface area contributed by atoms with Gasteiger partial charge in [0.1, 0.15) is 0 Å². The lowest BCUT2D eigenvalue weighted by molar-refractivity contribution is 0.506. The van der Waals surface area contributed by atoms with Crippen LogP contribution in [0.2, 0.25) is 0 Å². The van der Waals surface area contributed by atoms with Crippen LogP contribution in [0.4, 0.5) is 8.78 Å². The molecule has 2 rings (SSSR count). The molecule has 0 saturated heterocycles. The van der Waals surface area contributed by atoms with Crippen LogP contribution in [-0.4, -0.2) is 14.7 Å². The highest BCUT2D eigenvalue weighted by Gasteiger charge is 2.14. The van der Waals surface area contributed by atoms with Gasteiger partial charge in [0.2, 0.25) is 0 Å². The Labute approximate surface area is 128 Å². The second kappa shape index (κ2) is 6.51. The molecule has 0 radical (unpaired) electrons. The molecule has 0 aliphatic carbocycles.